The van der Waals surface area contributed by atoms with Crippen molar-refractivity contribution < 1.29 is 33.3 Å². The number of aryl methyl sites for hydroxylation is 1. The van der Waals surface area contributed by atoms with Crippen LogP contribution in [-0.2, 0) is 36.8 Å². The number of carbonyl (C=O) groups is 3. The van der Waals surface area contributed by atoms with E-state index in [2.05, 4.69) is 62.2 Å². The van der Waals surface area contributed by atoms with Crippen LogP contribution in [-0.4, -0.2) is 115 Å². The van der Waals surface area contributed by atoms with Gasteiger partial charge < -0.3 is 28.7 Å². The number of hydrogen-bond acceptors (Lipinski definition) is 11. The van der Waals surface area contributed by atoms with Crippen molar-refractivity contribution in [3.63, 3.8) is 0 Å². The van der Waals surface area contributed by atoms with E-state index >= 15 is 0 Å². The Morgan fingerprint density at radius 1 is 0.889 bits per heavy atom. The number of rotatable bonds is 18. The molecule has 342 valence electrons. The lowest BCUT2D eigenvalue weighted by Crippen LogP contribution is -2.44. The molecule has 2 atom stereocenters. The highest BCUT2D eigenvalue weighted by Gasteiger charge is 2.38. The molecule has 15 nitrogen and oxygen atoms in total. The number of pyridine rings is 1. The van der Waals surface area contributed by atoms with Crippen molar-refractivity contribution in [2.75, 3.05) is 43.1 Å². The van der Waals surface area contributed by atoms with Crippen molar-refractivity contribution in [1.82, 2.24) is 29.5 Å². The number of aromatic nitrogens is 4. The van der Waals surface area contributed by atoms with Crippen molar-refractivity contribution in [3.05, 3.63) is 72.2 Å². The van der Waals surface area contributed by atoms with Crippen molar-refractivity contribution in [3.8, 4) is 11.1 Å². The van der Waals surface area contributed by atoms with Crippen LogP contribution in [0, 0.1) is 0 Å². The Morgan fingerprint density at radius 3 is 2.19 bits per heavy atom. The first-order valence-corrected chi connectivity index (χ1v) is 29.7. The Bertz CT molecular complexity index is 2150. The molecule has 0 aliphatic carbocycles. The average molecular weight is 901 g/mol. The second kappa shape index (κ2) is 20.3. The van der Waals surface area contributed by atoms with Crippen molar-refractivity contribution in [2.45, 2.75) is 135 Å². The molecule has 4 aromatic rings. The third kappa shape index (κ3) is 13.1. The summed E-state index contributed by atoms with van der Waals surface area (Å²) in [6, 6.07) is 17.2. The monoisotopic (exact) mass is 900 g/mol. The molecule has 3 aromatic heterocycles. The molecular weight excluding hydrogens is 833 g/mol. The van der Waals surface area contributed by atoms with Crippen LogP contribution in [0.4, 0.5) is 21.2 Å². The van der Waals surface area contributed by atoms with E-state index < -0.39 is 27.8 Å². The summed E-state index contributed by atoms with van der Waals surface area (Å²) in [5.74, 6) is 0.837. The Labute approximate surface area is 375 Å². The Kier molecular flexibility index (Phi) is 15.4. The summed E-state index contributed by atoms with van der Waals surface area (Å²) in [5.41, 5.74) is 3.20. The van der Waals surface area contributed by atoms with Gasteiger partial charge in [0.2, 0.25) is 5.91 Å². The number of likely N-dealkylation sites (tertiary alicyclic amines) is 1. The number of fused-ring (bicyclic) bond motifs is 1. The lowest BCUT2D eigenvalue weighted by molar-refractivity contribution is -0.118. The minimum atomic E-state index is -1.33. The van der Waals surface area contributed by atoms with Crippen molar-refractivity contribution in [1.29, 1.82) is 0 Å². The lowest BCUT2D eigenvalue weighted by Gasteiger charge is -2.31. The van der Waals surface area contributed by atoms with E-state index in [0.29, 0.717) is 51.0 Å². The lowest BCUT2D eigenvalue weighted by atomic mass is 10.1. The highest BCUT2D eigenvalue weighted by molar-refractivity contribution is 6.76. The first-order chi connectivity index (χ1) is 29.8. The predicted molar refractivity (Wildman–Crippen MR) is 251 cm³/mol. The summed E-state index contributed by atoms with van der Waals surface area (Å²) in [7, 11) is -2.67. The average Bonchev–Trinajstić information content (AvgIpc) is 3.93. The molecule has 1 aromatic carbocycles. The van der Waals surface area contributed by atoms with Gasteiger partial charge in [-0.05, 0) is 83.2 Å². The fourth-order valence-corrected chi connectivity index (χ4v) is 9.09. The third-order valence-corrected chi connectivity index (χ3v) is 14.6. The predicted octanol–water partition coefficient (Wildman–Crippen LogP) is 9.23. The van der Waals surface area contributed by atoms with Gasteiger partial charge in [0.15, 0.2) is 11.5 Å². The zero-order valence-corrected chi connectivity index (χ0v) is 41.1. The summed E-state index contributed by atoms with van der Waals surface area (Å²) in [6.07, 6.45) is 5.81. The molecule has 0 N–H and O–H groups in total. The summed E-state index contributed by atoms with van der Waals surface area (Å²) >= 11 is 0. The summed E-state index contributed by atoms with van der Waals surface area (Å²) in [5, 5.41) is 7.47. The minimum absolute atomic E-state index is 0.00633. The van der Waals surface area contributed by atoms with Crippen LogP contribution in [0.15, 0.2) is 60.9 Å². The fraction of sp³-hybridized carbons (Fsp3) is 0.565. The molecule has 17 heteroatoms. The van der Waals surface area contributed by atoms with E-state index in [1.165, 1.54) is 10.0 Å². The molecule has 63 heavy (non-hydrogen) atoms. The van der Waals surface area contributed by atoms with E-state index in [-0.39, 0.29) is 43.7 Å². The quantitative estimate of drug-likeness (QED) is 0.0536. The van der Waals surface area contributed by atoms with E-state index in [1.807, 2.05) is 66.6 Å². The van der Waals surface area contributed by atoms with Gasteiger partial charge in [0.1, 0.15) is 31.5 Å². The van der Waals surface area contributed by atoms with Gasteiger partial charge in [0, 0.05) is 77.0 Å². The molecule has 2 fully saturated rings. The first-order valence-electron chi connectivity index (χ1n) is 22.3. The van der Waals surface area contributed by atoms with Gasteiger partial charge >= 0.3 is 12.2 Å². The topological polar surface area (TPSA) is 144 Å². The maximum absolute atomic E-state index is 13.4. The molecule has 2 saturated heterocycles. The van der Waals surface area contributed by atoms with Crippen LogP contribution < -0.4 is 9.91 Å². The maximum Gasteiger partial charge on any atom is 0.429 e. The summed E-state index contributed by atoms with van der Waals surface area (Å²) in [4.78, 5) is 53.6. The fourth-order valence-electron chi connectivity index (χ4n) is 7.57. The number of hydrogen-bond donors (Lipinski definition) is 0. The third-order valence-electron chi connectivity index (χ3n) is 11.1. The second-order valence-corrected chi connectivity index (χ2v) is 31.4. The van der Waals surface area contributed by atoms with Gasteiger partial charge in [-0.2, -0.15) is 14.6 Å². The minimum Gasteiger partial charge on any atom is -0.444 e. The van der Waals surface area contributed by atoms with Gasteiger partial charge in [-0.3, -0.25) is 4.79 Å². The number of benzene rings is 1. The number of anilines is 2. The molecule has 5 heterocycles. The van der Waals surface area contributed by atoms with Crippen LogP contribution >= 0.6 is 0 Å². The second-order valence-electron chi connectivity index (χ2n) is 20.2. The normalized spacial score (nSPS) is 17.2. The van der Waals surface area contributed by atoms with Crippen LogP contribution in [0.1, 0.15) is 64.6 Å². The zero-order chi connectivity index (χ0) is 45.5. The Morgan fingerprint density at radius 2 is 1.57 bits per heavy atom. The smallest absolute Gasteiger partial charge is 0.429 e. The van der Waals surface area contributed by atoms with Gasteiger partial charge in [-0.15, -0.1) is 0 Å². The maximum atomic E-state index is 13.4. The van der Waals surface area contributed by atoms with Crippen LogP contribution in [0.2, 0.25) is 51.4 Å². The Balaban J connectivity index is 1.31. The van der Waals surface area contributed by atoms with Crippen molar-refractivity contribution >= 4 is 51.5 Å². The number of ether oxygens (including phenoxy) is 4. The molecule has 2 aliphatic rings. The standard InChI is InChI=1S/C46H68N8O7Si2/c1-34-16-19-38(52(34)45(57)61-46(2,3)4)20-18-37-28-41(50(32-58-24-26-62(5,6)7)33-59-25-27-63(8,9)10)53-43(49-37)39(30-48-53)36-17-21-40(47-29-36)54-42(55)22-23-51(54)44(56)60-31-35-14-12-11-13-15-35/h11-15,17,21,28-30,34,38H,16,18-20,22-27,31-33H2,1-10H3/t34-,38?/m1/s1. The van der Waals surface area contributed by atoms with Crippen LogP contribution in [0.25, 0.3) is 16.8 Å². The first kappa shape index (κ1) is 47.6. The molecule has 0 saturated carbocycles. The number of nitrogens with zero attached hydrogens (tertiary/aromatic N) is 8. The molecule has 0 spiro atoms. The highest BCUT2D eigenvalue weighted by Crippen LogP contribution is 2.32. The van der Waals surface area contributed by atoms with Gasteiger partial charge in [-0.1, -0.05) is 69.6 Å². The molecule has 3 amide bonds. The number of carbonyl (C=O) groups excluding carboxylic acids is 3. The van der Waals surface area contributed by atoms with Crippen LogP contribution in [0.3, 0.4) is 0 Å². The summed E-state index contributed by atoms with van der Waals surface area (Å²) < 4.78 is 26.0. The molecule has 1 unspecified atom stereocenters. The van der Waals surface area contributed by atoms with Crippen LogP contribution in [0.5, 0.6) is 0 Å². The largest absolute Gasteiger partial charge is 0.444 e. The molecule has 2 aliphatic heterocycles. The van der Waals surface area contributed by atoms with E-state index in [9.17, 15) is 14.4 Å². The molecule has 6 rings (SSSR count). The zero-order valence-electron chi connectivity index (χ0n) is 39.1. The van der Waals surface area contributed by atoms with Gasteiger partial charge in [0.25, 0.3) is 0 Å². The van der Waals surface area contributed by atoms with E-state index in [1.54, 1.807) is 18.5 Å². The summed E-state index contributed by atoms with van der Waals surface area (Å²) in [6.45, 7) is 24.0. The SMILES string of the molecule is C[C@@H]1CCC(CCc2cc(N(COCC[Si](C)(C)C)COCC[Si](C)(C)C)n3ncc(-c4ccc(N5C(=O)CCN5C(=O)OCc5ccccc5)nc4)c3n2)N1C(=O)OC(C)(C)C. The molecule has 0 bridgehead atoms. The van der Waals surface area contributed by atoms with E-state index in [4.69, 9.17) is 29.0 Å². The number of hydrazine groups is 1. The highest BCUT2D eigenvalue weighted by atomic mass is 28.3. The van der Waals surface area contributed by atoms with Gasteiger partial charge in [-0.25, -0.2) is 24.6 Å². The van der Waals surface area contributed by atoms with E-state index in [0.717, 1.165) is 53.1 Å². The van der Waals surface area contributed by atoms with Crippen molar-refractivity contribution in [2.24, 2.45) is 0 Å². The Hall–Kier alpha value is -4.85. The molecule has 0 radical (unpaired) electrons. The van der Waals surface area contributed by atoms with Gasteiger partial charge in [0.05, 0.1) is 12.7 Å². The number of amides is 3. The molecular formula is C46H68N8O7Si2.